The fourth-order valence-electron chi connectivity index (χ4n) is 1.93. The van der Waals surface area contributed by atoms with E-state index in [1.807, 2.05) is 0 Å². The van der Waals surface area contributed by atoms with Crippen LogP contribution < -0.4 is 5.32 Å². The van der Waals surface area contributed by atoms with Crippen LogP contribution in [0.3, 0.4) is 0 Å². The van der Waals surface area contributed by atoms with Crippen molar-refractivity contribution in [1.82, 2.24) is 5.32 Å². The van der Waals surface area contributed by atoms with E-state index in [4.69, 9.17) is 5.11 Å². The van der Waals surface area contributed by atoms with Crippen LogP contribution >= 0.6 is 0 Å². The Kier molecular flexibility index (Phi) is 4.67. The lowest BCUT2D eigenvalue weighted by Gasteiger charge is -2.06. The van der Waals surface area contributed by atoms with Crippen LogP contribution in [-0.2, 0) is 6.42 Å². The smallest absolute Gasteiger partial charge is 0.269 e. The Hall–Kier alpha value is -2.96. The average molecular weight is 304 g/mol. The van der Waals surface area contributed by atoms with Crippen molar-refractivity contribution in [3.8, 4) is 5.75 Å². The van der Waals surface area contributed by atoms with Gasteiger partial charge >= 0.3 is 0 Å². The van der Waals surface area contributed by atoms with Gasteiger partial charge in [0, 0.05) is 24.7 Å². The minimum absolute atomic E-state index is 0.0200. The largest absolute Gasteiger partial charge is 0.508 e. The van der Waals surface area contributed by atoms with Gasteiger partial charge in [0.15, 0.2) is 0 Å². The van der Waals surface area contributed by atoms with Crippen LogP contribution in [-0.4, -0.2) is 22.5 Å². The van der Waals surface area contributed by atoms with Gasteiger partial charge in [0.25, 0.3) is 11.6 Å². The topological polar surface area (TPSA) is 92.5 Å². The monoisotopic (exact) mass is 304 g/mol. The number of nitro groups is 1. The molecule has 1 amide bonds. The van der Waals surface area contributed by atoms with Crippen molar-refractivity contribution >= 4 is 11.6 Å². The van der Waals surface area contributed by atoms with Gasteiger partial charge in [-0.3, -0.25) is 14.9 Å². The molecule has 0 saturated heterocycles. The standard InChI is InChI=1S/C15H13FN2O4/c16-14-9-12(19)4-5-13(14)15(20)17-7-6-10-2-1-3-11(8-10)18(21)22/h1-5,8-9,19H,6-7H2,(H,17,20). The Morgan fingerprint density at radius 1 is 1.27 bits per heavy atom. The molecule has 0 bridgehead atoms. The number of carbonyl (C=O) groups is 1. The summed E-state index contributed by atoms with van der Waals surface area (Å²) in [4.78, 5) is 22.0. The number of aromatic hydroxyl groups is 1. The van der Waals surface area contributed by atoms with Crippen molar-refractivity contribution in [2.45, 2.75) is 6.42 Å². The number of hydrogen-bond donors (Lipinski definition) is 2. The first-order chi connectivity index (χ1) is 10.5. The number of halogens is 1. The lowest BCUT2D eigenvalue weighted by molar-refractivity contribution is -0.384. The first kappa shape index (κ1) is 15.4. The molecule has 114 valence electrons. The minimum Gasteiger partial charge on any atom is -0.508 e. The van der Waals surface area contributed by atoms with E-state index in [-0.39, 0.29) is 23.5 Å². The molecule has 7 heteroatoms. The Morgan fingerprint density at radius 3 is 2.73 bits per heavy atom. The average Bonchev–Trinajstić information content (AvgIpc) is 2.47. The van der Waals surface area contributed by atoms with Crippen molar-refractivity contribution in [2.75, 3.05) is 6.54 Å². The lowest BCUT2D eigenvalue weighted by Crippen LogP contribution is -2.26. The number of nitro benzene ring substituents is 1. The summed E-state index contributed by atoms with van der Waals surface area (Å²) in [6, 6.07) is 9.35. The molecule has 2 aromatic carbocycles. The second-order valence-electron chi connectivity index (χ2n) is 4.60. The first-order valence-corrected chi connectivity index (χ1v) is 6.47. The summed E-state index contributed by atoms with van der Waals surface area (Å²) < 4.78 is 13.5. The summed E-state index contributed by atoms with van der Waals surface area (Å²) >= 11 is 0. The molecule has 0 atom stereocenters. The van der Waals surface area contributed by atoms with E-state index in [0.29, 0.717) is 12.0 Å². The van der Waals surface area contributed by atoms with Gasteiger partial charge in [0.2, 0.25) is 0 Å². The Bertz CT molecular complexity index is 718. The molecule has 0 saturated carbocycles. The molecule has 2 rings (SSSR count). The van der Waals surface area contributed by atoms with Crippen molar-refractivity contribution in [3.63, 3.8) is 0 Å². The normalized spacial score (nSPS) is 10.2. The third-order valence-corrected chi connectivity index (χ3v) is 3.02. The van der Waals surface area contributed by atoms with Gasteiger partial charge in [-0.05, 0) is 24.1 Å². The predicted octanol–water partition coefficient (Wildman–Crippen LogP) is 2.41. The van der Waals surface area contributed by atoms with E-state index in [9.17, 15) is 19.3 Å². The molecule has 22 heavy (non-hydrogen) atoms. The van der Waals surface area contributed by atoms with Gasteiger partial charge < -0.3 is 10.4 Å². The Labute approximate surface area is 125 Å². The number of nitrogens with one attached hydrogen (secondary N) is 1. The molecule has 2 N–H and O–H groups in total. The minimum atomic E-state index is -0.812. The number of rotatable bonds is 5. The van der Waals surface area contributed by atoms with Crippen molar-refractivity contribution in [1.29, 1.82) is 0 Å². The molecular weight excluding hydrogens is 291 g/mol. The van der Waals surface area contributed by atoms with Crippen LogP contribution in [0.4, 0.5) is 10.1 Å². The van der Waals surface area contributed by atoms with Gasteiger partial charge in [-0.2, -0.15) is 0 Å². The van der Waals surface area contributed by atoms with Gasteiger partial charge in [0.05, 0.1) is 10.5 Å². The number of carbonyl (C=O) groups excluding carboxylic acids is 1. The summed E-state index contributed by atoms with van der Waals surface area (Å²) in [7, 11) is 0. The summed E-state index contributed by atoms with van der Waals surface area (Å²) in [5, 5.41) is 22.3. The van der Waals surface area contributed by atoms with E-state index in [2.05, 4.69) is 5.32 Å². The molecule has 0 radical (unpaired) electrons. The van der Waals surface area contributed by atoms with Crippen molar-refractivity contribution in [2.24, 2.45) is 0 Å². The maximum absolute atomic E-state index is 13.5. The van der Waals surface area contributed by atoms with E-state index < -0.39 is 16.6 Å². The number of amides is 1. The molecule has 0 aliphatic heterocycles. The molecule has 0 aliphatic rings. The van der Waals surface area contributed by atoms with Crippen LogP contribution in [0.1, 0.15) is 15.9 Å². The van der Waals surface area contributed by atoms with E-state index in [0.717, 1.165) is 6.07 Å². The maximum atomic E-state index is 13.5. The third kappa shape index (κ3) is 3.78. The molecule has 6 nitrogen and oxygen atoms in total. The first-order valence-electron chi connectivity index (χ1n) is 6.47. The quantitative estimate of drug-likeness (QED) is 0.655. The highest BCUT2D eigenvalue weighted by Crippen LogP contribution is 2.15. The zero-order chi connectivity index (χ0) is 16.1. The highest BCUT2D eigenvalue weighted by atomic mass is 19.1. The number of phenols is 1. The predicted molar refractivity (Wildman–Crippen MR) is 77.2 cm³/mol. The highest BCUT2D eigenvalue weighted by molar-refractivity contribution is 5.94. The van der Waals surface area contributed by atoms with Crippen LogP contribution in [0, 0.1) is 15.9 Å². The van der Waals surface area contributed by atoms with Crippen LogP contribution in [0.5, 0.6) is 5.75 Å². The number of benzene rings is 2. The summed E-state index contributed by atoms with van der Waals surface area (Å²) in [6.07, 6.45) is 0.382. The van der Waals surface area contributed by atoms with E-state index in [1.54, 1.807) is 12.1 Å². The molecule has 0 heterocycles. The second kappa shape index (κ2) is 6.66. The van der Waals surface area contributed by atoms with Gasteiger partial charge in [-0.15, -0.1) is 0 Å². The molecule has 0 fully saturated rings. The second-order valence-corrected chi connectivity index (χ2v) is 4.60. The molecule has 0 aromatic heterocycles. The molecular formula is C15H13FN2O4. The molecule has 0 unspecified atom stereocenters. The Balaban J connectivity index is 1.94. The number of nitrogens with zero attached hydrogens (tertiary/aromatic N) is 1. The highest BCUT2D eigenvalue weighted by Gasteiger charge is 2.12. The van der Waals surface area contributed by atoms with E-state index in [1.165, 1.54) is 24.3 Å². The summed E-state index contributed by atoms with van der Waals surface area (Å²) in [6.45, 7) is 0.209. The Morgan fingerprint density at radius 2 is 2.05 bits per heavy atom. The maximum Gasteiger partial charge on any atom is 0.269 e. The summed E-state index contributed by atoms with van der Waals surface area (Å²) in [5.41, 5.74) is 0.505. The number of phenolic OH excluding ortho intramolecular Hbond substituents is 1. The van der Waals surface area contributed by atoms with Crippen molar-refractivity contribution < 1.29 is 19.2 Å². The van der Waals surface area contributed by atoms with E-state index >= 15 is 0 Å². The summed E-state index contributed by atoms with van der Waals surface area (Å²) in [5.74, 6) is -1.68. The van der Waals surface area contributed by atoms with Crippen LogP contribution in [0.15, 0.2) is 42.5 Å². The van der Waals surface area contributed by atoms with Gasteiger partial charge in [0.1, 0.15) is 11.6 Å². The number of non-ortho nitro benzene ring substituents is 1. The zero-order valence-electron chi connectivity index (χ0n) is 11.5. The van der Waals surface area contributed by atoms with Crippen LogP contribution in [0.25, 0.3) is 0 Å². The molecule has 0 spiro atoms. The fraction of sp³-hybridized carbons (Fsp3) is 0.133. The fourth-order valence-corrected chi connectivity index (χ4v) is 1.93. The van der Waals surface area contributed by atoms with Crippen LogP contribution in [0.2, 0.25) is 0 Å². The van der Waals surface area contributed by atoms with Gasteiger partial charge in [-0.25, -0.2) is 4.39 Å². The number of hydrogen-bond acceptors (Lipinski definition) is 4. The molecule has 0 aliphatic carbocycles. The van der Waals surface area contributed by atoms with Crippen molar-refractivity contribution in [3.05, 3.63) is 69.5 Å². The van der Waals surface area contributed by atoms with Gasteiger partial charge in [-0.1, -0.05) is 12.1 Å². The third-order valence-electron chi connectivity index (χ3n) is 3.02. The SMILES string of the molecule is O=C(NCCc1cccc([N+](=O)[O-])c1)c1ccc(O)cc1F. The molecule has 2 aromatic rings. The lowest BCUT2D eigenvalue weighted by atomic mass is 10.1. The zero-order valence-corrected chi connectivity index (χ0v) is 11.5.